The van der Waals surface area contributed by atoms with Crippen LogP contribution in [-0.4, -0.2) is 47.4 Å². The van der Waals surface area contributed by atoms with Crippen LogP contribution in [0.1, 0.15) is 24.8 Å². The Hall–Kier alpha value is -1.24. The Morgan fingerprint density at radius 2 is 1.96 bits per heavy atom. The van der Waals surface area contributed by atoms with Crippen molar-refractivity contribution in [3.8, 4) is 0 Å². The van der Waals surface area contributed by atoms with E-state index in [1.165, 1.54) is 11.8 Å². The largest absolute Gasteiger partial charge is 0.338 e. The van der Waals surface area contributed by atoms with Gasteiger partial charge in [-0.3, -0.25) is 9.59 Å². The Morgan fingerprint density at radius 1 is 1.25 bits per heavy atom. The first-order chi connectivity index (χ1) is 11.1. The Kier molecular flexibility index (Phi) is 9.18. The molecule has 0 aliphatic carbocycles. The number of carbonyl (C=O) groups excluding carboxylic acids is 2. The molecule has 1 aliphatic rings. The third-order valence-corrected chi connectivity index (χ3v) is 4.93. The molecule has 1 unspecified atom stereocenters. The maximum atomic E-state index is 12.3. The number of likely N-dealkylation sites (tertiary alicyclic amines) is 1. The molecule has 1 saturated heterocycles. The van der Waals surface area contributed by atoms with Crippen LogP contribution in [0, 0.1) is 6.92 Å². The van der Waals surface area contributed by atoms with Gasteiger partial charge in [-0.05, 0) is 38.3 Å². The van der Waals surface area contributed by atoms with E-state index < -0.39 is 0 Å². The molecule has 1 heterocycles. The van der Waals surface area contributed by atoms with Crippen molar-refractivity contribution in [1.82, 2.24) is 4.90 Å². The molecule has 0 spiro atoms. The molecule has 0 aromatic heterocycles. The Morgan fingerprint density at radius 3 is 2.62 bits per heavy atom. The zero-order valence-electron chi connectivity index (χ0n) is 14.0. The third-order valence-electron chi connectivity index (χ3n) is 4.01. The van der Waals surface area contributed by atoms with E-state index in [0.29, 0.717) is 12.3 Å². The summed E-state index contributed by atoms with van der Waals surface area (Å²) in [4.78, 5) is 26.0. The first-order valence-corrected chi connectivity index (χ1v) is 9.19. The molecule has 24 heavy (non-hydrogen) atoms. The van der Waals surface area contributed by atoms with Crippen LogP contribution in [0.5, 0.6) is 0 Å². The van der Waals surface area contributed by atoms with E-state index in [-0.39, 0.29) is 36.0 Å². The first kappa shape index (κ1) is 20.8. The second-order valence-corrected chi connectivity index (χ2v) is 6.87. The highest BCUT2D eigenvalue weighted by Crippen LogP contribution is 2.18. The van der Waals surface area contributed by atoms with Crippen LogP contribution < -0.4 is 11.1 Å². The highest BCUT2D eigenvalue weighted by molar-refractivity contribution is 8.00. The fourth-order valence-corrected chi connectivity index (χ4v) is 3.42. The molecule has 134 valence electrons. The van der Waals surface area contributed by atoms with E-state index in [1.54, 1.807) is 0 Å². The standard InChI is InChI=1S/C17H25N3O2S.ClH/c1-13-5-7-14(8-6-13)19-16(21)11-23-12-17(22)20-9-3-2-4-15(20)10-18;/h5-8,15H,2-4,9-12,18H2,1H3,(H,19,21);1H. The minimum Gasteiger partial charge on any atom is -0.338 e. The lowest BCUT2D eigenvalue weighted by Gasteiger charge is -2.35. The number of aryl methyl sites for hydroxylation is 1. The van der Waals surface area contributed by atoms with Crippen molar-refractivity contribution in [3.63, 3.8) is 0 Å². The van der Waals surface area contributed by atoms with Crippen LogP contribution >= 0.6 is 24.2 Å². The number of carbonyl (C=O) groups is 2. The number of nitrogens with two attached hydrogens (primary N) is 1. The van der Waals surface area contributed by atoms with Crippen LogP contribution in [0.4, 0.5) is 5.69 Å². The molecule has 0 bridgehead atoms. The summed E-state index contributed by atoms with van der Waals surface area (Å²) >= 11 is 1.35. The second kappa shape index (κ2) is 10.6. The van der Waals surface area contributed by atoms with Crippen LogP contribution in [0.15, 0.2) is 24.3 Å². The number of anilines is 1. The van der Waals surface area contributed by atoms with Gasteiger partial charge < -0.3 is 16.0 Å². The molecular formula is C17H26ClN3O2S. The zero-order valence-corrected chi connectivity index (χ0v) is 15.6. The van der Waals surface area contributed by atoms with E-state index in [2.05, 4.69) is 5.32 Å². The number of hydrogen-bond acceptors (Lipinski definition) is 4. The average molecular weight is 372 g/mol. The number of thioether (sulfide) groups is 1. The number of halogens is 1. The molecule has 5 nitrogen and oxygen atoms in total. The fourth-order valence-electron chi connectivity index (χ4n) is 2.72. The molecular weight excluding hydrogens is 346 g/mol. The quantitative estimate of drug-likeness (QED) is 0.805. The maximum Gasteiger partial charge on any atom is 0.234 e. The lowest BCUT2D eigenvalue weighted by Crippen LogP contribution is -2.48. The minimum absolute atomic E-state index is 0. The van der Waals surface area contributed by atoms with Gasteiger partial charge in [0.1, 0.15) is 0 Å². The molecule has 7 heteroatoms. The van der Waals surface area contributed by atoms with Gasteiger partial charge in [-0.2, -0.15) is 0 Å². The van der Waals surface area contributed by atoms with Crippen LogP contribution in [0.3, 0.4) is 0 Å². The van der Waals surface area contributed by atoms with Gasteiger partial charge in [0, 0.05) is 24.8 Å². The molecule has 1 aliphatic heterocycles. The number of hydrogen-bond donors (Lipinski definition) is 2. The fraction of sp³-hybridized carbons (Fsp3) is 0.529. The zero-order chi connectivity index (χ0) is 16.7. The Bertz CT molecular complexity index is 539. The monoisotopic (exact) mass is 371 g/mol. The number of nitrogens with zero attached hydrogens (tertiary/aromatic N) is 1. The van der Waals surface area contributed by atoms with Crippen molar-refractivity contribution in [1.29, 1.82) is 0 Å². The van der Waals surface area contributed by atoms with Crippen LogP contribution in [0.2, 0.25) is 0 Å². The topological polar surface area (TPSA) is 75.4 Å². The van der Waals surface area contributed by atoms with Crippen molar-refractivity contribution in [2.24, 2.45) is 5.73 Å². The predicted octanol–water partition coefficient (Wildman–Crippen LogP) is 2.43. The lowest BCUT2D eigenvalue weighted by molar-refractivity contribution is -0.131. The van der Waals surface area contributed by atoms with E-state index in [0.717, 1.165) is 37.1 Å². The van der Waals surface area contributed by atoms with Gasteiger partial charge in [0.05, 0.1) is 11.5 Å². The van der Waals surface area contributed by atoms with E-state index in [4.69, 9.17) is 5.73 Å². The molecule has 0 saturated carbocycles. The van der Waals surface area contributed by atoms with Gasteiger partial charge in [-0.15, -0.1) is 24.2 Å². The van der Waals surface area contributed by atoms with Gasteiger partial charge in [-0.1, -0.05) is 17.7 Å². The summed E-state index contributed by atoms with van der Waals surface area (Å²) in [6, 6.07) is 7.83. The average Bonchev–Trinajstić information content (AvgIpc) is 2.56. The summed E-state index contributed by atoms with van der Waals surface area (Å²) in [5, 5.41) is 2.84. The second-order valence-electron chi connectivity index (χ2n) is 5.88. The van der Waals surface area contributed by atoms with Crippen molar-refractivity contribution in [2.75, 3.05) is 29.9 Å². The minimum atomic E-state index is -0.0827. The highest BCUT2D eigenvalue weighted by Gasteiger charge is 2.25. The number of benzene rings is 1. The normalized spacial score (nSPS) is 17.1. The number of rotatable bonds is 6. The number of nitrogens with one attached hydrogen (secondary N) is 1. The van der Waals surface area contributed by atoms with E-state index in [9.17, 15) is 9.59 Å². The van der Waals surface area contributed by atoms with Crippen molar-refractivity contribution in [2.45, 2.75) is 32.2 Å². The van der Waals surface area contributed by atoms with E-state index in [1.807, 2.05) is 36.1 Å². The number of piperidine rings is 1. The van der Waals surface area contributed by atoms with Crippen LogP contribution in [0.25, 0.3) is 0 Å². The Labute approximate surface area is 154 Å². The molecule has 2 rings (SSSR count). The molecule has 1 aromatic carbocycles. The summed E-state index contributed by atoms with van der Waals surface area (Å²) in [5.74, 6) is 0.618. The molecule has 1 fully saturated rings. The molecule has 3 N–H and O–H groups in total. The van der Waals surface area contributed by atoms with Gasteiger partial charge in [0.15, 0.2) is 0 Å². The van der Waals surface area contributed by atoms with E-state index >= 15 is 0 Å². The lowest BCUT2D eigenvalue weighted by atomic mass is 10.0. The summed E-state index contributed by atoms with van der Waals surface area (Å²) in [6.45, 7) is 3.31. The van der Waals surface area contributed by atoms with Crippen LogP contribution in [-0.2, 0) is 9.59 Å². The van der Waals surface area contributed by atoms with Gasteiger partial charge >= 0.3 is 0 Å². The molecule has 2 amide bonds. The van der Waals surface area contributed by atoms with Crippen molar-refractivity contribution < 1.29 is 9.59 Å². The predicted molar refractivity (Wildman–Crippen MR) is 103 cm³/mol. The van der Waals surface area contributed by atoms with Crippen molar-refractivity contribution >= 4 is 41.7 Å². The summed E-state index contributed by atoms with van der Waals surface area (Å²) in [6.07, 6.45) is 3.17. The first-order valence-electron chi connectivity index (χ1n) is 8.04. The summed E-state index contributed by atoms with van der Waals surface area (Å²) < 4.78 is 0. The Balaban J connectivity index is 0.00000288. The van der Waals surface area contributed by atoms with Gasteiger partial charge in [0.25, 0.3) is 0 Å². The smallest absolute Gasteiger partial charge is 0.234 e. The third kappa shape index (κ3) is 6.34. The molecule has 1 atom stereocenters. The van der Waals surface area contributed by atoms with Gasteiger partial charge in [-0.25, -0.2) is 0 Å². The molecule has 0 radical (unpaired) electrons. The highest BCUT2D eigenvalue weighted by atomic mass is 35.5. The summed E-state index contributed by atoms with van der Waals surface area (Å²) in [5.41, 5.74) is 7.68. The van der Waals surface area contributed by atoms with Crippen molar-refractivity contribution in [3.05, 3.63) is 29.8 Å². The summed E-state index contributed by atoms with van der Waals surface area (Å²) in [7, 11) is 0. The maximum absolute atomic E-state index is 12.3. The van der Waals surface area contributed by atoms with Gasteiger partial charge in [0.2, 0.25) is 11.8 Å². The SMILES string of the molecule is Cc1ccc(NC(=O)CSCC(=O)N2CCCCC2CN)cc1.Cl. The molecule has 1 aromatic rings. The number of amides is 2.